The van der Waals surface area contributed by atoms with Crippen LogP contribution in [0.15, 0.2) is 23.6 Å². The number of thiazole rings is 1. The third-order valence-electron chi connectivity index (χ3n) is 7.34. The number of benzene rings is 1. The van der Waals surface area contributed by atoms with Gasteiger partial charge in [0, 0.05) is 37.2 Å². The first-order valence-corrected chi connectivity index (χ1v) is 12.8. The number of carbonyl (C=O) groups excluding carboxylic acids is 1. The Morgan fingerprint density at radius 3 is 2.72 bits per heavy atom. The number of rotatable bonds is 6. The molecule has 32 heavy (non-hydrogen) atoms. The molecule has 0 saturated carbocycles. The summed E-state index contributed by atoms with van der Waals surface area (Å²) in [4.78, 5) is 19.7. The minimum absolute atomic E-state index is 0.0124. The van der Waals surface area contributed by atoms with Crippen LogP contribution in [0.4, 0.5) is 5.13 Å². The van der Waals surface area contributed by atoms with Crippen LogP contribution in [0.3, 0.4) is 0 Å². The highest BCUT2D eigenvalue weighted by Gasteiger charge is 2.37. The van der Waals surface area contributed by atoms with Gasteiger partial charge in [-0.15, -0.1) is 11.3 Å². The molecule has 2 aromatic rings. The maximum absolute atomic E-state index is 12.5. The van der Waals surface area contributed by atoms with Crippen molar-refractivity contribution in [3.05, 3.63) is 34.7 Å². The average molecular weight is 456 g/mol. The van der Waals surface area contributed by atoms with Crippen LogP contribution in [0.5, 0.6) is 0 Å². The highest BCUT2D eigenvalue weighted by Crippen LogP contribution is 2.47. The number of amides is 1. The molecule has 1 fully saturated rings. The zero-order chi connectivity index (χ0) is 22.9. The monoisotopic (exact) mass is 455 g/mol. The Balaban J connectivity index is 1.51. The van der Waals surface area contributed by atoms with Crippen molar-refractivity contribution in [1.29, 1.82) is 0 Å². The van der Waals surface area contributed by atoms with Gasteiger partial charge < -0.3 is 15.3 Å². The van der Waals surface area contributed by atoms with E-state index in [4.69, 9.17) is 10.1 Å². The molecule has 1 atom stereocenters. The van der Waals surface area contributed by atoms with Crippen molar-refractivity contribution in [2.75, 3.05) is 31.1 Å². The fourth-order valence-corrected chi connectivity index (χ4v) is 5.96. The summed E-state index contributed by atoms with van der Waals surface area (Å²) in [5.74, 6) is 0.0843. The van der Waals surface area contributed by atoms with Crippen LogP contribution >= 0.6 is 11.3 Å². The fraction of sp³-hybridized carbons (Fsp3) is 0.615. The second-order valence-corrected chi connectivity index (χ2v) is 11.5. The van der Waals surface area contributed by atoms with Crippen LogP contribution in [-0.4, -0.2) is 42.2 Å². The van der Waals surface area contributed by atoms with Crippen LogP contribution in [0.2, 0.25) is 0 Å². The van der Waals surface area contributed by atoms with Crippen LogP contribution in [0.25, 0.3) is 11.3 Å². The van der Waals surface area contributed by atoms with Crippen molar-refractivity contribution in [3.63, 3.8) is 0 Å². The maximum atomic E-state index is 12.5. The van der Waals surface area contributed by atoms with E-state index in [0.717, 1.165) is 30.2 Å². The number of nitrogens with one attached hydrogen (secondary N) is 1. The van der Waals surface area contributed by atoms with Crippen molar-refractivity contribution >= 4 is 22.4 Å². The van der Waals surface area contributed by atoms with E-state index in [9.17, 15) is 4.79 Å². The summed E-state index contributed by atoms with van der Waals surface area (Å²) < 4.78 is 0. The van der Waals surface area contributed by atoms with Crippen molar-refractivity contribution in [2.45, 2.75) is 70.6 Å². The molecular weight excluding hydrogens is 418 g/mol. The number of hydrogen-bond acceptors (Lipinski definition) is 5. The molecule has 0 bridgehead atoms. The van der Waals surface area contributed by atoms with Gasteiger partial charge in [-0.25, -0.2) is 4.98 Å². The summed E-state index contributed by atoms with van der Waals surface area (Å²) in [6.07, 6.45) is 4.93. The van der Waals surface area contributed by atoms with Gasteiger partial charge in [-0.05, 0) is 60.1 Å². The Hall–Kier alpha value is -1.92. The number of carbonyl (C=O) groups is 1. The summed E-state index contributed by atoms with van der Waals surface area (Å²) in [6, 6.07) is 6.91. The summed E-state index contributed by atoms with van der Waals surface area (Å²) in [6.45, 7) is 11.7. The highest BCUT2D eigenvalue weighted by molar-refractivity contribution is 7.14. The lowest BCUT2D eigenvalue weighted by Gasteiger charge is -2.42. The zero-order valence-corrected chi connectivity index (χ0v) is 20.7. The fourth-order valence-electron chi connectivity index (χ4n) is 5.09. The summed E-state index contributed by atoms with van der Waals surface area (Å²) in [5, 5.41) is 15.0. The third-order valence-corrected chi connectivity index (χ3v) is 8.24. The molecule has 6 heteroatoms. The minimum atomic E-state index is -0.0124. The van der Waals surface area contributed by atoms with Crippen molar-refractivity contribution < 1.29 is 9.90 Å². The first-order valence-electron chi connectivity index (χ1n) is 12.0. The molecular formula is C26H37N3O2S. The Morgan fingerprint density at radius 2 is 1.97 bits per heavy atom. The van der Waals surface area contributed by atoms with Crippen LogP contribution < -0.4 is 10.2 Å². The Bertz CT molecular complexity index is 966. The second-order valence-electron chi connectivity index (χ2n) is 10.7. The summed E-state index contributed by atoms with van der Waals surface area (Å²) in [7, 11) is 0. The number of hydrogen-bond donors (Lipinski definition) is 2. The van der Waals surface area contributed by atoms with Gasteiger partial charge >= 0.3 is 0 Å². The molecule has 1 aliphatic heterocycles. The quantitative estimate of drug-likeness (QED) is 0.610. The van der Waals surface area contributed by atoms with E-state index < -0.39 is 0 Å². The van der Waals surface area contributed by atoms with Crippen molar-refractivity contribution in [1.82, 2.24) is 10.3 Å². The zero-order valence-electron chi connectivity index (χ0n) is 19.9. The van der Waals surface area contributed by atoms with Crippen molar-refractivity contribution in [3.8, 4) is 11.3 Å². The summed E-state index contributed by atoms with van der Waals surface area (Å²) in [5.41, 5.74) is 5.55. The van der Waals surface area contributed by atoms with Crippen LogP contribution in [0, 0.1) is 5.92 Å². The molecule has 0 spiro atoms. The Labute approximate surface area is 196 Å². The smallest absolute Gasteiger partial charge is 0.224 e. The molecule has 1 amide bonds. The number of nitrogens with zero attached hydrogens (tertiary/aromatic N) is 2. The molecule has 1 saturated heterocycles. The lowest BCUT2D eigenvalue weighted by molar-refractivity contribution is -0.125. The lowest BCUT2D eigenvalue weighted by atomic mass is 9.63. The number of anilines is 1. The van der Waals surface area contributed by atoms with E-state index in [2.05, 4.69) is 61.5 Å². The second kappa shape index (κ2) is 9.14. The predicted molar refractivity (Wildman–Crippen MR) is 132 cm³/mol. The predicted octanol–water partition coefficient (Wildman–Crippen LogP) is 4.87. The van der Waals surface area contributed by atoms with Gasteiger partial charge in [0.2, 0.25) is 5.91 Å². The molecule has 174 valence electrons. The third kappa shape index (κ3) is 4.72. The van der Waals surface area contributed by atoms with Gasteiger partial charge in [-0.1, -0.05) is 39.8 Å². The molecule has 0 radical (unpaired) electrons. The number of aromatic nitrogens is 1. The molecule has 1 aromatic heterocycles. The molecule has 5 nitrogen and oxygen atoms in total. The number of fused-ring (bicyclic) bond motifs is 1. The van der Waals surface area contributed by atoms with Gasteiger partial charge in [0.05, 0.1) is 11.6 Å². The number of aliphatic hydroxyl groups is 1. The lowest BCUT2D eigenvalue weighted by Crippen LogP contribution is -2.43. The topological polar surface area (TPSA) is 65.5 Å². The highest BCUT2D eigenvalue weighted by atomic mass is 32.1. The molecule has 1 aliphatic carbocycles. The minimum Gasteiger partial charge on any atom is -0.396 e. The Kier molecular flexibility index (Phi) is 6.64. The molecule has 2 heterocycles. The van der Waals surface area contributed by atoms with E-state index in [-0.39, 0.29) is 29.3 Å². The van der Waals surface area contributed by atoms with Gasteiger partial charge in [0.1, 0.15) is 0 Å². The molecule has 2 aliphatic rings. The van der Waals surface area contributed by atoms with E-state index in [1.54, 1.807) is 11.3 Å². The summed E-state index contributed by atoms with van der Waals surface area (Å²) >= 11 is 1.67. The van der Waals surface area contributed by atoms with Crippen LogP contribution in [0.1, 0.15) is 70.9 Å². The SMILES string of the molecule is CC1(C)CCC(C)(C)c2cc(-c3csc(N4CCCC(C(=O)NCCCO)C4)n3)ccc21. The van der Waals surface area contributed by atoms with E-state index in [1.165, 1.54) is 29.5 Å². The number of piperidine rings is 1. The normalized spacial score (nSPS) is 21.8. The van der Waals surface area contributed by atoms with E-state index >= 15 is 0 Å². The molecule has 2 N–H and O–H groups in total. The van der Waals surface area contributed by atoms with E-state index in [1.807, 2.05) is 0 Å². The van der Waals surface area contributed by atoms with Gasteiger partial charge in [-0.2, -0.15) is 0 Å². The molecule has 1 aromatic carbocycles. The first kappa shape index (κ1) is 23.2. The number of aliphatic hydroxyl groups excluding tert-OH is 1. The van der Waals surface area contributed by atoms with Crippen molar-refractivity contribution in [2.24, 2.45) is 5.92 Å². The molecule has 4 rings (SSSR count). The maximum Gasteiger partial charge on any atom is 0.224 e. The Morgan fingerprint density at radius 1 is 1.22 bits per heavy atom. The van der Waals surface area contributed by atoms with Crippen LogP contribution in [-0.2, 0) is 15.6 Å². The molecule has 1 unspecified atom stereocenters. The van der Waals surface area contributed by atoms with Gasteiger partial charge in [-0.3, -0.25) is 4.79 Å². The largest absolute Gasteiger partial charge is 0.396 e. The first-order chi connectivity index (χ1) is 15.2. The van der Waals surface area contributed by atoms with E-state index in [0.29, 0.717) is 19.5 Å². The average Bonchev–Trinajstić information content (AvgIpc) is 3.27. The van der Waals surface area contributed by atoms with Gasteiger partial charge in [0.15, 0.2) is 5.13 Å². The standard InChI is InChI=1S/C26H37N3O2S/c1-25(2)10-11-26(3,4)21-15-18(8-9-20(21)25)22-17-32-24(28-22)29-13-5-7-19(16-29)23(31)27-12-6-14-30/h8-9,15,17,19,30H,5-7,10-14,16H2,1-4H3,(H,27,31). The van der Waals surface area contributed by atoms with Gasteiger partial charge in [0.25, 0.3) is 0 Å².